The lowest BCUT2D eigenvalue weighted by atomic mass is 10.2. The second kappa shape index (κ2) is 6.34. The van der Waals surface area contributed by atoms with E-state index in [4.69, 9.17) is 20.9 Å². The van der Waals surface area contributed by atoms with Gasteiger partial charge in [0.15, 0.2) is 11.6 Å². The summed E-state index contributed by atoms with van der Waals surface area (Å²) in [6, 6.07) is 1.58. The number of rotatable bonds is 6. The molecule has 0 aliphatic rings. The van der Waals surface area contributed by atoms with Gasteiger partial charge in [-0.2, -0.15) is 0 Å². The Balaban J connectivity index is 2.60. The van der Waals surface area contributed by atoms with Crippen molar-refractivity contribution >= 4 is 21.4 Å². The summed E-state index contributed by atoms with van der Waals surface area (Å²) in [5, 5.41) is 0.192. The number of halogens is 2. The number of hydrogen-bond donors (Lipinski definition) is 2. The zero-order chi connectivity index (χ0) is 14.7. The first-order valence-electron chi connectivity index (χ1n) is 6.17. The van der Waals surface area contributed by atoms with E-state index < -0.39 is 11.6 Å². The first-order valence-corrected chi connectivity index (χ1v) is 6.98. The third kappa shape index (κ3) is 2.70. The van der Waals surface area contributed by atoms with Gasteiger partial charge in [-0.25, -0.2) is 8.78 Å². The number of hydrogen-bond acceptors (Lipinski definition) is 5. The molecule has 1 aromatic carbocycles. The molecule has 0 spiro atoms. The minimum absolute atomic E-state index is 0.0734. The molecule has 2 rings (SSSR count). The van der Waals surface area contributed by atoms with E-state index in [1.54, 1.807) is 13.0 Å². The molecule has 20 heavy (non-hydrogen) atoms. The minimum Gasteiger partial charge on any atom is -0.486 e. The van der Waals surface area contributed by atoms with E-state index in [0.717, 1.165) is 4.88 Å². The molecule has 110 valence electrons. The quantitative estimate of drug-likeness (QED) is 0.858. The third-order valence-electron chi connectivity index (χ3n) is 2.62. The summed E-state index contributed by atoms with van der Waals surface area (Å²) in [5.74, 6) is -1.74. The van der Waals surface area contributed by atoms with Gasteiger partial charge in [0.1, 0.15) is 13.2 Å². The predicted molar refractivity (Wildman–Crippen MR) is 75.6 cm³/mol. The molecule has 0 bridgehead atoms. The number of thiophene rings is 1. The Bertz CT molecular complexity index is 565. The number of ether oxygens (including phenoxy) is 2. The monoisotopic (exact) mass is 302 g/mol. The Labute approximate surface area is 119 Å². The average molecular weight is 302 g/mol. The summed E-state index contributed by atoms with van der Waals surface area (Å²) in [6.07, 6.45) is 0. The van der Waals surface area contributed by atoms with Gasteiger partial charge in [-0.15, -0.1) is 11.3 Å². The van der Waals surface area contributed by atoms with Crippen LogP contribution in [0.5, 0.6) is 11.5 Å². The highest BCUT2D eigenvalue weighted by atomic mass is 32.1. The number of benzene rings is 1. The Morgan fingerprint density at radius 3 is 2.15 bits per heavy atom. The lowest BCUT2D eigenvalue weighted by Gasteiger charge is -2.14. The highest BCUT2D eigenvalue weighted by Crippen LogP contribution is 2.42. The Hall–Kier alpha value is -1.44. The molecule has 7 heteroatoms. The normalized spacial score (nSPS) is 11.1. The molecule has 0 radical (unpaired) electrons. The first kappa shape index (κ1) is 15.0. The van der Waals surface area contributed by atoms with Crippen LogP contribution in [0.1, 0.15) is 4.88 Å². The Morgan fingerprint density at radius 1 is 1.05 bits per heavy atom. The lowest BCUT2D eigenvalue weighted by Crippen LogP contribution is -2.15. The fourth-order valence-corrected chi connectivity index (χ4v) is 2.78. The maximum atomic E-state index is 14.4. The molecule has 0 atom stereocenters. The summed E-state index contributed by atoms with van der Waals surface area (Å²) in [6.45, 7) is 2.32. The molecular formula is C13H16F2N2O2S. The average Bonchev–Trinajstić information content (AvgIpc) is 2.82. The first-order chi connectivity index (χ1) is 9.60. The van der Waals surface area contributed by atoms with Crippen molar-refractivity contribution in [3.05, 3.63) is 22.6 Å². The van der Waals surface area contributed by atoms with Crippen molar-refractivity contribution in [1.82, 2.24) is 0 Å². The van der Waals surface area contributed by atoms with E-state index in [2.05, 4.69) is 0 Å². The zero-order valence-electron chi connectivity index (χ0n) is 11.0. The molecule has 0 unspecified atom stereocenters. The van der Waals surface area contributed by atoms with Crippen LogP contribution >= 0.6 is 11.3 Å². The summed E-state index contributed by atoms with van der Waals surface area (Å²) >= 11 is 1.17. The predicted octanol–water partition coefficient (Wildman–Crippen LogP) is 2.16. The zero-order valence-corrected chi connectivity index (χ0v) is 11.9. The highest BCUT2D eigenvalue weighted by Gasteiger charge is 2.24. The van der Waals surface area contributed by atoms with Crippen LogP contribution in [0.25, 0.3) is 10.1 Å². The van der Waals surface area contributed by atoms with Crippen LogP contribution < -0.4 is 20.9 Å². The van der Waals surface area contributed by atoms with Gasteiger partial charge in [0.25, 0.3) is 0 Å². The molecule has 1 heterocycles. The molecule has 0 amide bonds. The van der Waals surface area contributed by atoms with E-state index in [9.17, 15) is 8.78 Å². The maximum absolute atomic E-state index is 14.4. The van der Waals surface area contributed by atoms with Crippen LogP contribution in [-0.4, -0.2) is 26.3 Å². The molecule has 4 nitrogen and oxygen atoms in total. The van der Waals surface area contributed by atoms with E-state index in [0.29, 0.717) is 0 Å². The van der Waals surface area contributed by atoms with Crippen LogP contribution in [0.2, 0.25) is 0 Å². The van der Waals surface area contributed by atoms with Crippen molar-refractivity contribution < 1.29 is 18.3 Å². The second-order valence-corrected chi connectivity index (χ2v) is 5.42. The van der Waals surface area contributed by atoms with Crippen LogP contribution in [0.3, 0.4) is 0 Å². The van der Waals surface area contributed by atoms with Gasteiger partial charge in [0.05, 0.1) is 4.70 Å². The fraction of sp³-hybridized carbons (Fsp3) is 0.385. The number of aryl methyl sites for hydroxylation is 1. The summed E-state index contributed by atoms with van der Waals surface area (Å²) < 4.78 is 39.5. The van der Waals surface area contributed by atoms with Crippen molar-refractivity contribution in [2.45, 2.75) is 6.92 Å². The van der Waals surface area contributed by atoms with E-state index in [-0.39, 0.29) is 47.9 Å². The summed E-state index contributed by atoms with van der Waals surface area (Å²) in [4.78, 5) is 0.804. The van der Waals surface area contributed by atoms with Crippen molar-refractivity contribution in [1.29, 1.82) is 0 Å². The van der Waals surface area contributed by atoms with Crippen LogP contribution in [0, 0.1) is 18.6 Å². The minimum atomic E-state index is -0.633. The smallest absolute Gasteiger partial charge is 0.201 e. The number of fused-ring (bicyclic) bond motifs is 1. The molecule has 0 fully saturated rings. The van der Waals surface area contributed by atoms with E-state index >= 15 is 0 Å². The summed E-state index contributed by atoms with van der Waals surface area (Å²) in [5.41, 5.74) is 10.7. The molecule has 4 N–H and O–H groups in total. The molecule has 1 aromatic heterocycles. The third-order valence-corrected chi connectivity index (χ3v) is 3.67. The van der Waals surface area contributed by atoms with E-state index in [1.165, 1.54) is 11.3 Å². The number of nitrogens with two attached hydrogens (primary N) is 2. The Kier molecular flexibility index (Phi) is 4.74. The van der Waals surface area contributed by atoms with Crippen LogP contribution in [-0.2, 0) is 0 Å². The van der Waals surface area contributed by atoms with Crippen molar-refractivity contribution in [3.63, 3.8) is 0 Å². The fourth-order valence-electron chi connectivity index (χ4n) is 1.84. The van der Waals surface area contributed by atoms with Crippen molar-refractivity contribution in [3.8, 4) is 11.5 Å². The highest BCUT2D eigenvalue weighted by molar-refractivity contribution is 7.19. The Morgan fingerprint density at radius 2 is 1.60 bits per heavy atom. The van der Waals surface area contributed by atoms with Gasteiger partial charge in [-0.1, -0.05) is 0 Å². The van der Waals surface area contributed by atoms with Gasteiger partial charge in [0.2, 0.25) is 11.5 Å². The van der Waals surface area contributed by atoms with Crippen LogP contribution in [0.15, 0.2) is 6.07 Å². The van der Waals surface area contributed by atoms with Gasteiger partial charge < -0.3 is 20.9 Å². The molecule has 2 aromatic rings. The maximum Gasteiger partial charge on any atom is 0.201 e. The molecule has 0 aliphatic heterocycles. The molecule has 0 saturated heterocycles. The van der Waals surface area contributed by atoms with Crippen LogP contribution in [0.4, 0.5) is 8.78 Å². The van der Waals surface area contributed by atoms with Gasteiger partial charge >= 0.3 is 0 Å². The SMILES string of the molecule is Cc1cc2c(F)c(OCCN)c(OCCN)c(F)c2s1. The van der Waals surface area contributed by atoms with E-state index in [1.807, 2.05) is 0 Å². The second-order valence-electron chi connectivity index (χ2n) is 4.16. The largest absolute Gasteiger partial charge is 0.486 e. The van der Waals surface area contributed by atoms with Crippen molar-refractivity contribution in [2.24, 2.45) is 11.5 Å². The van der Waals surface area contributed by atoms with Crippen molar-refractivity contribution in [2.75, 3.05) is 26.3 Å². The van der Waals surface area contributed by atoms with Gasteiger partial charge in [-0.3, -0.25) is 0 Å². The topological polar surface area (TPSA) is 70.5 Å². The van der Waals surface area contributed by atoms with Gasteiger partial charge in [0, 0.05) is 23.4 Å². The standard InChI is InChI=1S/C13H16F2N2O2S/c1-7-6-8-9(14)11(18-4-2-16)12(19-5-3-17)10(15)13(8)20-7/h6H,2-5,16-17H2,1H3. The lowest BCUT2D eigenvalue weighted by molar-refractivity contribution is 0.258. The molecular weight excluding hydrogens is 286 g/mol. The summed E-state index contributed by atoms with van der Waals surface area (Å²) in [7, 11) is 0. The van der Waals surface area contributed by atoms with Gasteiger partial charge in [-0.05, 0) is 13.0 Å². The molecule has 0 aliphatic carbocycles. The molecule has 0 saturated carbocycles.